The van der Waals surface area contributed by atoms with Crippen molar-refractivity contribution >= 4 is 21.8 Å². The molecule has 1 unspecified atom stereocenters. The molecule has 0 aliphatic rings. The lowest BCUT2D eigenvalue weighted by atomic mass is 10.1. The number of benzene rings is 1. The molecule has 0 saturated heterocycles. The van der Waals surface area contributed by atoms with Gasteiger partial charge in [0.25, 0.3) is 5.91 Å². The lowest BCUT2D eigenvalue weighted by Gasteiger charge is -2.15. The number of rotatable bonds is 7. The van der Waals surface area contributed by atoms with Crippen molar-refractivity contribution in [2.45, 2.75) is 26.3 Å². The second kappa shape index (κ2) is 7.35. The Kier molecular flexibility index (Phi) is 6.11. The van der Waals surface area contributed by atoms with Crippen LogP contribution in [0.2, 0.25) is 0 Å². The van der Waals surface area contributed by atoms with Gasteiger partial charge in [0, 0.05) is 6.04 Å². The van der Waals surface area contributed by atoms with Crippen LogP contribution >= 0.6 is 15.9 Å². The quantitative estimate of drug-likeness (QED) is 0.794. The fraction of sp³-hybridized carbons (Fsp3) is 0.462. The SMILES string of the molecule is CCOc1cc(CC(C)N)cc(Br)c1OCC(N)=O. The summed E-state index contributed by atoms with van der Waals surface area (Å²) in [5.74, 6) is 0.525. The Morgan fingerprint density at radius 3 is 2.63 bits per heavy atom. The molecule has 0 aliphatic heterocycles. The van der Waals surface area contributed by atoms with E-state index >= 15 is 0 Å². The second-order valence-electron chi connectivity index (χ2n) is 4.27. The summed E-state index contributed by atoms with van der Waals surface area (Å²) in [5.41, 5.74) is 11.9. The van der Waals surface area contributed by atoms with E-state index in [1.807, 2.05) is 26.0 Å². The summed E-state index contributed by atoms with van der Waals surface area (Å²) in [6.07, 6.45) is 0.731. The molecule has 1 rings (SSSR count). The first-order valence-electron chi connectivity index (χ1n) is 6.06. The van der Waals surface area contributed by atoms with Gasteiger partial charge in [0.2, 0.25) is 0 Å². The van der Waals surface area contributed by atoms with Gasteiger partial charge in [-0.2, -0.15) is 0 Å². The standard InChI is InChI=1S/C13H19BrN2O3/c1-3-18-11-6-9(4-8(2)15)5-10(14)13(11)19-7-12(16)17/h5-6,8H,3-4,7,15H2,1-2H3,(H2,16,17). The minimum atomic E-state index is -0.533. The Bertz CT molecular complexity index is 450. The van der Waals surface area contributed by atoms with Gasteiger partial charge >= 0.3 is 0 Å². The molecular weight excluding hydrogens is 312 g/mol. The first kappa shape index (κ1) is 15.8. The van der Waals surface area contributed by atoms with Crippen molar-refractivity contribution in [3.05, 3.63) is 22.2 Å². The van der Waals surface area contributed by atoms with Crippen LogP contribution in [0.15, 0.2) is 16.6 Å². The highest BCUT2D eigenvalue weighted by Gasteiger charge is 2.13. The van der Waals surface area contributed by atoms with Gasteiger partial charge in [0.05, 0.1) is 11.1 Å². The van der Waals surface area contributed by atoms with Gasteiger partial charge in [-0.1, -0.05) is 0 Å². The number of ether oxygens (including phenoxy) is 2. The molecule has 19 heavy (non-hydrogen) atoms. The molecule has 1 amide bonds. The summed E-state index contributed by atoms with van der Waals surface area (Å²) in [5, 5.41) is 0. The van der Waals surface area contributed by atoms with Crippen LogP contribution in [0.1, 0.15) is 19.4 Å². The maximum Gasteiger partial charge on any atom is 0.255 e. The van der Waals surface area contributed by atoms with Gasteiger partial charge in [-0.15, -0.1) is 0 Å². The third-order valence-corrected chi connectivity index (χ3v) is 2.87. The molecule has 1 atom stereocenters. The topological polar surface area (TPSA) is 87.6 Å². The maximum atomic E-state index is 10.8. The van der Waals surface area contributed by atoms with E-state index in [1.165, 1.54) is 0 Å². The number of primary amides is 1. The van der Waals surface area contributed by atoms with Crippen molar-refractivity contribution in [1.82, 2.24) is 0 Å². The van der Waals surface area contributed by atoms with Crippen molar-refractivity contribution in [2.75, 3.05) is 13.2 Å². The van der Waals surface area contributed by atoms with Crippen molar-refractivity contribution in [3.8, 4) is 11.5 Å². The number of nitrogens with two attached hydrogens (primary N) is 2. The number of carbonyl (C=O) groups excluding carboxylic acids is 1. The summed E-state index contributed by atoms with van der Waals surface area (Å²) < 4.78 is 11.6. The second-order valence-corrected chi connectivity index (χ2v) is 5.13. The fourth-order valence-electron chi connectivity index (χ4n) is 1.66. The molecule has 1 aromatic carbocycles. The third-order valence-electron chi connectivity index (χ3n) is 2.29. The Morgan fingerprint density at radius 2 is 2.11 bits per heavy atom. The number of amides is 1. The number of hydrogen-bond acceptors (Lipinski definition) is 4. The molecule has 0 fully saturated rings. The van der Waals surface area contributed by atoms with Gasteiger partial charge in [-0.05, 0) is 53.9 Å². The van der Waals surface area contributed by atoms with Crippen molar-refractivity contribution in [3.63, 3.8) is 0 Å². The molecule has 0 spiro atoms. The molecule has 0 aliphatic carbocycles. The molecule has 0 saturated carbocycles. The normalized spacial score (nSPS) is 12.0. The average Bonchev–Trinajstić information content (AvgIpc) is 2.26. The Hall–Kier alpha value is -1.27. The molecule has 0 bridgehead atoms. The minimum Gasteiger partial charge on any atom is -0.490 e. The summed E-state index contributed by atoms with van der Waals surface area (Å²) >= 11 is 3.41. The summed E-state index contributed by atoms with van der Waals surface area (Å²) in [4.78, 5) is 10.8. The minimum absolute atomic E-state index is 0.0544. The van der Waals surface area contributed by atoms with Crippen molar-refractivity contribution in [2.24, 2.45) is 11.5 Å². The number of hydrogen-bond donors (Lipinski definition) is 2. The van der Waals surface area contributed by atoms with Crippen molar-refractivity contribution in [1.29, 1.82) is 0 Å². The number of carbonyl (C=O) groups is 1. The zero-order chi connectivity index (χ0) is 14.4. The van der Waals surface area contributed by atoms with Gasteiger partial charge < -0.3 is 20.9 Å². The zero-order valence-electron chi connectivity index (χ0n) is 11.1. The van der Waals surface area contributed by atoms with Crippen LogP contribution in [-0.4, -0.2) is 25.2 Å². The van der Waals surface area contributed by atoms with Gasteiger partial charge in [0.15, 0.2) is 18.1 Å². The highest BCUT2D eigenvalue weighted by atomic mass is 79.9. The van der Waals surface area contributed by atoms with E-state index in [2.05, 4.69) is 15.9 Å². The third kappa shape index (κ3) is 5.08. The average molecular weight is 331 g/mol. The molecule has 1 aromatic rings. The van der Waals surface area contributed by atoms with E-state index < -0.39 is 5.91 Å². The zero-order valence-corrected chi connectivity index (χ0v) is 12.7. The van der Waals surface area contributed by atoms with Gasteiger partial charge in [0.1, 0.15) is 0 Å². The van der Waals surface area contributed by atoms with E-state index in [-0.39, 0.29) is 12.6 Å². The van der Waals surface area contributed by atoms with Crippen LogP contribution in [0, 0.1) is 0 Å². The van der Waals surface area contributed by atoms with Crippen LogP contribution < -0.4 is 20.9 Å². The van der Waals surface area contributed by atoms with Crippen LogP contribution in [0.25, 0.3) is 0 Å². The predicted octanol–water partition coefficient (Wildman–Crippen LogP) is 1.60. The van der Waals surface area contributed by atoms with Gasteiger partial charge in [-0.3, -0.25) is 4.79 Å². The van der Waals surface area contributed by atoms with Crippen LogP contribution in [0.4, 0.5) is 0 Å². The van der Waals surface area contributed by atoms with E-state index in [9.17, 15) is 4.79 Å². The Morgan fingerprint density at radius 1 is 1.42 bits per heavy atom. The number of halogens is 1. The Balaban J connectivity index is 3.03. The highest BCUT2D eigenvalue weighted by molar-refractivity contribution is 9.10. The molecule has 106 valence electrons. The summed E-state index contributed by atoms with van der Waals surface area (Å²) in [6, 6.07) is 3.83. The molecule has 0 heterocycles. The van der Waals surface area contributed by atoms with Crippen LogP contribution in [0.3, 0.4) is 0 Å². The van der Waals surface area contributed by atoms with Crippen molar-refractivity contribution < 1.29 is 14.3 Å². The first-order chi connectivity index (χ1) is 8.93. The monoisotopic (exact) mass is 330 g/mol. The highest BCUT2D eigenvalue weighted by Crippen LogP contribution is 2.37. The maximum absolute atomic E-state index is 10.8. The molecule has 0 aromatic heterocycles. The fourth-order valence-corrected chi connectivity index (χ4v) is 2.26. The molecule has 0 radical (unpaired) electrons. The first-order valence-corrected chi connectivity index (χ1v) is 6.85. The van der Waals surface area contributed by atoms with Crippen LogP contribution in [-0.2, 0) is 11.2 Å². The molecule has 5 nitrogen and oxygen atoms in total. The molecule has 4 N–H and O–H groups in total. The smallest absolute Gasteiger partial charge is 0.255 e. The van der Waals surface area contributed by atoms with E-state index in [0.29, 0.717) is 18.1 Å². The Labute approximate surface area is 121 Å². The van der Waals surface area contributed by atoms with E-state index in [1.54, 1.807) is 0 Å². The van der Waals surface area contributed by atoms with E-state index in [4.69, 9.17) is 20.9 Å². The predicted molar refractivity (Wildman–Crippen MR) is 77.4 cm³/mol. The lowest BCUT2D eigenvalue weighted by molar-refractivity contribution is -0.119. The van der Waals surface area contributed by atoms with Gasteiger partial charge in [-0.25, -0.2) is 0 Å². The molecule has 6 heteroatoms. The largest absolute Gasteiger partial charge is 0.490 e. The summed E-state index contributed by atoms with van der Waals surface area (Å²) in [6.45, 7) is 4.13. The summed E-state index contributed by atoms with van der Waals surface area (Å²) in [7, 11) is 0. The lowest BCUT2D eigenvalue weighted by Crippen LogP contribution is -2.21. The van der Waals surface area contributed by atoms with Crippen LogP contribution in [0.5, 0.6) is 11.5 Å². The molecular formula is C13H19BrN2O3. The van der Waals surface area contributed by atoms with E-state index in [0.717, 1.165) is 16.5 Å².